The number of ether oxygens (including phenoxy) is 1. The minimum Gasteiger partial charge on any atom is -0.394 e. The molecule has 116 valence electrons. The molecule has 0 unspecified atom stereocenters. The molecule has 2 aromatic heterocycles. The van der Waals surface area contributed by atoms with E-state index in [-0.39, 0.29) is 24.0 Å². The van der Waals surface area contributed by atoms with Crippen LogP contribution in [0.3, 0.4) is 0 Å². The maximum atomic E-state index is 12.2. The number of sulfonamides is 1. The number of aliphatic hydroxyl groups excluding tert-OH is 1. The van der Waals surface area contributed by atoms with E-state index in [0.717, 1.165) is 20.0 Å². The number of halogens is 1. The van der Waals surface area contributed by atoms with Gasteiger partial charge in [0, 0.05) is 11.4 Å². The summed E-state index contributed by atoms with van der Waals surface area (Å²) in [6.07, 6.45) is -0.407. The van der Waals surface area contributed by atoms with E-state index in [4.69, 9.17) is 9.84 Å². The normalized spacial score (nSPS) is 13.4. The number of hydrogen-bond donors (Lipinski definition) is 2. The van der Waals surface area contributed by atoms with Gasteiger partial charge in [-0.3, -0.25) is 0 Å². The highest BCUT2D eigenvalue weighted by atomic mass is 79.9. The van der Waals surface area contributed by atoms with Gasteiger partial charge >= 0.3 is 0 Å². The zero-order valence-electron chi connectivity index (χ0n) is 10.9. The van der Waals surface area contributed by atoms with Gasteiger partial charge in [0.05, 0.1) is 17.0 Å². The third-order valence-corrected chi connectivity index (χ3v) is 7.05. The Labute approximate surface area is 139 Å². The Morgan fingerprint density at radius 2 is 2.19 bits per heavy atom. The first-order valence-electron chi connectivity index (χ1n) is 6.04. The third kappa shape index (κ3) is 4.85. The van der Waals surface area contributed by atoms with Crippen molar-refractivity contribution in [3.8, 4) is 0 Å². The van der Waals surface area contributed by atoms with Crippen LogP contribution in [0.5, 0.6) is 0 Å². The summed E-state index contributed by atoms with van der Waals surface area (Å²) in [5.41, 5.74) is 0. The Morgan fingerprint density at radius 3 is 2.76 bits per heavy atom. The van der Waals surface area contributed by atoms with Crippen LogP contribution in [-0.2, 0) is 14.8 Å². The highest BCUT2D eigenvalue weighted by Gasteiger charge is 2.20. The fourth-order valence-corrected chi connectivity index (χ4v) is 5.47. The van der Waals surface area contributed by atoms with Gasteiger partial charge in [-0.05, 0) is 39.5 Å². The van der Waals surface area contributed by atoms with E-state index in [1.165, 1.54) is 11.3 Å². The lowest BCUT2D eigenvalue weighted by Crippen LogP contribution is -2.29. The first kappa shape index (κ1) is 17.1. The number of aliphatic hydroxyl groups is 1. The molecule has 0 saturated carbocycles. The van der Waals surface area contributed by atoms with Gasteiger partial charge in [-0.2, -0.15) is 0 Å². The van der Waals surface area contributed by atoms with Crippen molar-refractivity contribution < 1.29 is 18.3 Å². The van der Waals surface area contributed by atoms with Gasteiger partial charge in [0.15, 0.2) is 0 Å². The maximum Gasteiger partial charge on any atom is 0.250 e. The summed E-state index contributed by atoms with van der Waals surface area (Å²) in [7, 11) is -3.55. The molecule has 0 aliphatic rings. The van der Waals surface area contributed by atoms with Crippen LogP contribution in [0.2, 0.25) is 0 Å². The second-order valence-electron chi connectivity index (χ2n) is 4.01. The van der Waals surface area contributed by atoms with Crippen molar-refractivity contribution in [1.29, 1.82) is 0 Å². The Balaban J connectivity index is 2.04. The molecule has 21 heavy (non-hydrogen) atoms. The SMILES string of the molecule is O=S(=O)(NC[C@H](OCCO)c1cccs1)c1ccc(Br)s1. The van der Waals surface area contributed by atoms with Gasteiger partial charge in [0.2, 0.25) is 10.0 Å². The van der Waals surface area contributed by atoms with Crippen LogP contribution in [0.1, 0.15) is 11.0 Å². The highest BCUT2D eigenvalue weighted by molar-refractivity contribution is 9.11. The van der Waals surface area contributed by atoms with Crippen molar-refractivity contribution in [3.05, 3.63) is 38.3 Å². The van der Waals surface area contributed by atoms with Gasteiger partial charge in [0.1, 0.15) is 10.3 Å². The molecule has 5 nitrogen and oxygen atoms in total. The lowest BCUT2D eigenvalue weighted by molar-refractivity contribution is 0.0328. The van der Waals surface area contributed by atoms with Crippen molar-refractivity contribution in [2.45, 2.75) is 10.3 Å². The summed E-state index contributed by atoms with van der Waals surface area (Å²) in [4.78, 5) is 0.915. The summed E-state index contributed by atoms with van der Waals surface area (Å²) in [6.45, 7) is 0.180. The van der Waals surface area contributed by atoms with Crippen molar-refractivity contribution in [2.75, 3.05) is 19.8 Å². The summed E-state index contributed by atoms with van der Waals surface area (Å²) in [6, 6.07) is 6.99. The Kier molecular flexibility index (Phi) is 6.35. The fourth-order valence-electron chi connectivity index (χ4n) is 1.61. The van der Waals surface area contributed by atoms with Gasteiger partial charge in [-0.15, -0.1) is 22.7 Å². The first-order valence-corrected chi connectivity index (χ1v) is 10.0. The molecular formula is C12H14BrNO4S3. The van der Waals surface area contributed by atoms with Crippen LogP contribution in [0.25, 0.3) is 0 Å². The second-order valence-corrected chi connectivity index (χ2v) is 9.44. The van der Waals surface area contributed by atoms with Gasteiger partial charge in [-0.1, -0.05) is 6.07 Å². The van der Waals surface area contributed by atoms with Crippen LogP contribution >= 0.6 is 38.6 Å². The quantitative estimate of drug-likeness (QED) is 0.699. The molecule has 1 atom stereocenters. The maximum absolute atomic E-state index is 12.2. The Bertz CT molecular complexity index is 654. The van der Waals surface area contributed by atoms with Crippen molar-refractivity contribution in [2.24, 2.45) is 0 Å². The van der Waals surface area contributed by atoms with Crippen LogP contribution < -0.4 is 4.72 Å². The van der Waals surface area contributed by atoms with E-state index >= 15 is 0 Å². The zero-order valence-corrected chi connectivity index (χ0v) is 14.9. The van der Waals surface area contributed by atoms with E-state index in [0.29, 0.717) is 0 Å². The lowest BCUT2D eigenvalue weighted by atomic mass is 10.3. The molecular weight excluding hydrogens is 398 g/mol. The van der Waals surface area contributed by atoms with E-state index in [2.05, 4.69) is 20.7 Å². The van der Waals surface area contributed by atoms with Crippen LogP contribution in [-0.4, -0.2) is 33.3 Å². The molecule has 2 N–H and O–H groups in total. The van der Waals surface area contributed by atoms with E-state index < -0.39 is 16.1 Å². The topological polar surface area (TPSA) is 75.6 Å². The molecule has 2 rings (SSSR count). The Morgan fingerprint density at radius 1 is 1.38 bits per heavy atom. The minimum absolute atomic E-state index is 0.105. The Hall–Kier alpha value is -0.290. The predicted molar refractivity (Wildman–Crippen MR) is 87.3 cm³/mol. The number of hydrogen-bond acceptors (Lipinski definition) is 6. The molecule has 0 aromatic carbocycles. The van der Waals surface area contributed by atoms with E-state index in [9.17, 15) is 8.42 Å². The zero-order chi connectivity index (χ0) is 15.3. The van der Waals surface area contributed by atoms with E-state index in [1.807, 2.05) is 17.5 Å². The molecule has 2 heterocycles. The molecule has 0 bridgehead atoms. The standard InChI is InChI=1S/C12H14BrNO4S3/c13-11-3-4-12(20-11)21(16,17)14-8-9(18-6-5-15)10-2-1-7-19-10/h1-4,7,9,14-15H,5-6,8H2/t9-/m0/s1. The van der Waals surface area contributed by atoms with Crippen molar-refractivity contribution >= 4 is 48.6 Å². The highest BCUT2D eigenvalue weighted by Crippen LogP contribution is 2.27. The molecule has 0 aliphatic carbocycles. The van der Waals surface area contributed by atoms with Crippen LogP contribution in [0.15, 0.2) is 37.6 Å². The summed E-state index contributed by atoms with van der Waals surface area (Å²) in [5.74, 6) is 0. The van der Waals surface area contributed by atoms with Gasteiger partial charge in [-0.25, -0.2) is 13.1 Å². The molecule has 2 aromatic rings. The summed E-state index contributed by atoms with van der Waals surface area (Å²) < 4.78 is 33.4. The fraction of sp³-hybridized carbons (Fsp3) is 0.333. The van der Waals surface area contributed by atoms with Crippen LogP contribution in [0, 0.1) is 0 Å². The molecule has 0 spiro atoms. The smallest absolute Gasteiger partial charge is 0.250 e. The van der Waals surface area contributed by atoms with Crippen molar-refractivity contribution in [1.82, 2.24) is 4.72 Å². The monoisotopic (exact) mass is 411 g/mol. The average Bonchev–Trinajstić information content (AvgIpc) is 3.10. The first-order chi connectivity index (χ1) is 10.0. The predicted octanol–water partition coefficient (Wildman–Crippen LogP) is 2.60. The molecule has 0 fully saturated rings. The second kappa shape index (κ2) is 7.82. The summed E-state index contributed by atoms with van der Waals surface area (Å²) in [5, 5.41) is 10.8. The lowest BCUT2D eigenvalue weighted by Gasteiger charge is -2.16. The summed E-state index contributed by atoms with van der Waals surface area (Å²) >= 11 is 5.88. The van der Waals surface area contributed by atoms with Crippen LogP contribution in [0.4, 0.5) is 0 Å². The average molecular weight is 412 g/mol. The molecule has 0 amide bonds. The molecule has 9 heteroatoms. The number of rotatable bonds is 8. The number of thiophene rings is 2. The minimum atomic E-state index is -3.55. The molecule has 0 saturated heterocycles. The van der Waals surface area contributed by atoms with E-state index in [1.54, 1.807) is 12.1 Å². The molecule has 0 radical (unpaired) electrons. The largest absolute Gasteiger partial charge is 0.394 e. The number of nitrogens with one attached hydrogen (secondary N) is 1. The third-order valence-electron chi connectivity index (χ3n) is 2.54. The van der Waals surface area contributed by atoms with Gasteiger partial charge in [0.25, 0.3) is 0 Å². The molecule has 0 aliphatic heterocycles. The van der Waals surface area contributed by atoms with Gasteiger partial charge < -0.3 is 9.84 Å². The van der Waals surface area contributed by atoms with Crippen molar-refractivity contribution in [3.63, 3.8) is 0 Å².